The predicted molar refractivity (Wildman–Crippen MR) is 94.5 cm³/mol. The van der Waals surface area contributed by atoms with Crippen molar-refractivity contribution < 1.29 is 14.8 Å². The number of nitro groups is 1. The summed E-state index contributed by atoms with van der Waals surface area (Å²) in [5.74, 6) is 0.194. The standard InChI is InChI=1S/C19H20N2O4/c1-13(15-7-8-15)20(17-9-5-14(12-22)6-10-17)19(23)16-3-2-4-18(11-16)21(24)25/h2-6,9-11,13,15,22H,7-8,12H2,1H3/t13-/m1/s1. The zero-order valence-corrected chi connectivity index (χ0v) is 14.0. The van der Waals surface area contributed by atoms with Gasteiger partial charge in [-0.15, -0.1) is 0 Å². The molecule has 25 heavy (non-hydrogen) atoms. The molecule has 0 aromatic heterocycles. The fraction of sp³-hybridized carbons (Fsp3) is 0.316. The Morgan fingerprint density at radius 2 is 1.96 bits per heavy atom. The van der Waals surface area contributed by atoms with Gasteiger partial charge in [0.15, 0.2) is 0 Å². The molecule has 3 rings (SSSR count). The van der Waals surface area contributed by atoms with Gasteiger partial charge in [0.2, 0.25) is 0 Å². The summed E-state index contributed by atoms with van der Waals surface area (Å²) < 4.78 is 0. The molecule has 0 bridgehead atoms. The third-order valence-corrected chi connectivity index (χ3v) is 4.63. The Morgan fingerprint density at radius 1 is 1.28 bits per heavy atom. The molecule has 2 aromatic rings. The Labute approximate surface area is 145 Å². The van der Waals surface area contributed by atoms with Crippen LogP contribution < -0.4 is 4.90 Å². The normalized spacial score (nSPS) is 14.8. The molecule has 0 saturated heterocycles. The van der Waals surface area contributed by atoms with Crippen LogP contribution in [0, 0.1) is 16.0 Å². The highest BCUT2D eigenvalue weighted by molar-refractivity contribution is 6.06. The van der Waals surface area contributed by atoms with Gasteiger partial charge in [0.25, 0.3) is 11.6 Å². The van der Waals surface area contributed by atoms with Gasteiger partial charge in [0.05, 0.1) is 11.5 Å². The molecule has 130 valence electrons. The fourth-order valence-corrected chi connectivity index (χ4v) is 2.98. The second-order valence-corrected chi connectivity index (χ2v) is 6.39. The summed E-state index contributed by atoms with van der Waals surface area (Å²) in [7, 11) is 0. The number of carbonyl (C=O) groups is 1. The quantitative estimate of drug-likeness (QED) is 0.644. The molecule has 1 amide bonds. The SMILES string of the molecule is C[C@H](C1CC1)N(C(=O)c1cccc([N+](=O)[O-])c1)c1ccc(CO)cc1. The molecule has 1 atom stereocenters. The van der Waals surface area contributed by atoms with E-state index in [0.29, 0.717) is 11.5 Å². The van der Waals surface area contributed by atoms with Crippen molar-refractivity contribution in [3.8, 4) is 0 Å². The molecule has 0 unspecified atom stereocenters. The minimum absolute atomic E-state index is 0.00624. The molecular formula is C19H20N2O4. The van der Waals surface area contributed by atoms with Crippen molar-refractivity contribution >= 4 is 17.3 Å². The van der Waals surface area contributed by atoms with Gasteiger partial charge in [-0.25, -0.2) is 0 Å². The number of aliphatic hydroxyl groups excluding tert-OH is 1. The first-order valence-corrected chi connectivity index (χ1v) is 8.29. The Bertz CT molecular complexity index is 784. The van der Waals surface area contributed by atoms with E-state index in [2.05, 4.69) is 0 Å². The smallest absolute Gasteiger partial charge is 0.270 e. The summed E-state index contributed by atoms with van der Waals surface area (Å²) in [6.07, 6.45) is 2.16. The van der Waals surface area contributed by atoms with Crippen LogP contribution in [0.15, 0.2) is 48.5 Å². The van der Waals surface area contributed by atoms with Gasteiger partial charge in [-0.2, -0.15) is 0 Å². The van der Waals surface area contributed by atoms with Crippen LogP contribution in [0.25, 0.3) is 0 Å². The number of anilines is 1. The summed E-state index contributed by atoms with van der Waals surface area (Å²) in [5, 5.41) is 20.2. The van der Waals surface area contributed by atoms with E-state index >= 15 is 0 Å². The number of amides is 1. The maximum atomic E-state index is 13.1. The van der Waals surface area contributed by atoms with E-state index in [9.17, 15) is 20.0 Å². The molecule has 1 fully saturated rings. The zero-order valence-electron chi connectivity index (χ0n) is 14.0. The zero-order chi connectivity index (χ0) is 18.0. The molecule has 0 spiro atoms. The third kappa shape index (κ3) is 3.69. The van der Waals surface area contributed by atoms with Gasteiger partial charge in [-0.1, -0.05) is 18.2 Å². The number of hydrogen-bond donors (Lipinski definition) is 1. The van der Waals surface area contributed by atoms with Crippen LogP contribution in [0.2, 0.25) is 0 Å². The third-order valence-electron chi connectivity index (χ3n) is 4.63. The van der Waals surface area contributed by atoms with Crippen molar-refractivity contribution in [1.29, 1.82) is 0 Å². The van der Waals surface area contributed by atoms with Gasteiger partial charge in [-0.05, 0) is 49.4 Å². The number of aliphatic hydroxyl groups is 1. The highest BCUT2D eigenvalue weighted by Gasteiger charge is 2.35. The lowest BCUT2D eigenvalue weighted by Crippen LogP contribution is -2.40. The van der Waals surface area contributed by atoms with Gasteiger partial charge < -0.3 is 10.0 Å². The van der Waals surface area contributed by atoms with E-state index in [1.807, 2.05) is 6.92 Å². The number of carbonyl (C=O) groups excluding carboxylic acids is 1. The number of hydrogen-bond acceptors (Lipinski definition) is 4. The number of rotatable bonds is 6. The summed E-state index contributed by atoms with van der Waals surface area (Å²) in [5.41, 5.74) is 1.70. The molecule has 1 aliphatic carbocycles. The van der Waals surface area contributed by atoms with Crippen LogP contribution in [0.4, 0.5) is 11.4 Å². The van der Waals surface area contributed by atoms with Crippen LogP contribution in [0.3, 0.4) is 0 Å². The second kappa shape index (κ2) is 7.03. The van der Waals surface area contributed by atoms with E-state index in [1.165, 1.54) is 18.2 Å². The van der Waals surface area contributed by atoms with E-state index < -0.39 is 4.92 Å². The second-order valence-electron chi connectivity index (χ2n) is 6.39. The van der Waals surface area contributed by atoms with Crippen LogP contribution in [0.5, 0.6) is 0 Å². The van der Waals surface area contributed by atoms with E-state index in [1.54, 1.807) is 35.2 Å². The van der Waals surface area contributed by atoms with Gasteiger partial charge in [0, 0.05) is 29.4 Å². The molecule has 0 aliphatic heterocycles. The summed E-state index contributed by atoms with van der Waals surface area (Å²) in [6, 6.07) is 13.0. The minimum atomic E-state index is -0.499. The molecular weight excluding hydrogens is 320 g/mol. The summed E-state index contributed by atoms with van der Waals surface area (Å²) in [4.78, 5) is 25.3. The van der Waals surface area contributed by atoms with Gasteiger partial charge >= 0.3 is 0 Å². The maximum Gasteiger partial charge on any atom is 0.270 e. The lowest BCUT2D eigenvalue weighted by Gasteiger charge is -2.30. The van der Waals surface area contributed by atoms with Gasteiger partial charge in [0.1, 0.15) is 0 Å². The Balaban J connectivity index is 1.97. The van der Waals surface area contributed by atoms with Crippen molar-refractivity contribution in [1.82, 2.24) is 0 Å². The lowest BCUT2D eigenvalue weighted by molar-refractivity contribution is -0.384. The largest absolute Gasteiger partial charge is 0.392 e. The number of nitrogens with zero attached hydrogens (tertiary/aromatic N) is 2. The summed E-state index contributed by atoms with van der Waals surface area (Å²) >= 11 is 0. The first-order valence-electron chi connectivity index (χ1n) is 8.29. The minimum Gasteiger partial charge on any atom is -0.392 e. The molecule has 6 nitrogen and oxygen atoms in total. The van der Waals surface area contributed by atoms with Crippen LogP contribution in [-0.4, -0.2) is 22.0 Å². The highest BCUT2D eigenvalue weighted by atomic mass is 16.6. The van der Waals surface area contributed by atoms with Crippen molar-refractivity contribution in [3.05, 3.63) is 69.8 Å². The predicted octanol–water partition coefficient (Wildman–Crippen LogP) is 3.53. The van der Waals surface area contributed by atoms with Crippen molar-refractivity contribution in [2.75, 3.05) is 4.90 Å². The van der Waals surface area contributed by atoms with Crippen LogP contribution in [-0.2, 0) is 6.61 Å². The maximum absolute atomic E-state index is 13.1. The number of benzene rings is 2. The molecule has 0 radical (unpaired) electrons. The lowest BCUT2D eigenvalue weighted by atomic mass is 10.1. The van der Waals surface area contributed by atoms with Crippen molar-refractivity contribution in [2.45, 2.75) is 32.4 Å². The van der Waals surface area contributed by atoms with Crippen molar-refractivity contribution in [2.24, 2.45) is 5.92 Å². The molecule has 0 heterocycles. The molecule has 2 aromatic carbocycles. The Hall–Kier alpha value is -2.73. The fourth-order valence-electron chi connectivity index (χ4n) is 2.98. The monoisotopic (exact) mass is 340 g/mol. The van der Waals surface area contributed by atoms with Crippen LogP contribution in [0.1, 0.15) is 35.7 Å². The first kappa shape index (κ1) is 17.1. The van der Waals surface area contributed by atoms with Gasteiger partial charge in [-0.3, -0.25) is 14.9 Å². The first-order chi connectivity index (χ1) is 12.0. The number of non-ortho nitro benzene ring substituents is 1. The Kier molecular flexibility index (Phi) is 4.81. The molecule has 1 aliphatic rings. The molecule has 1 saturated carbocycles. The average molecular weight is 340 g/mol. The van der Waals surface area contributed by atoms with Crippen molar-refractivity contribution in [3.63, 3.8) is 0 Å². The number of nitro benzene ring substituents is 1. The van der Waals surface area contributed by atoms with E-state index in [0.717, 1.165) is 24.1 Å². The van der Waals surface area contributed by atoms with Crippen LogP contribution >= 0.6 is 0 Å². The Morgan fingerprint density at radius 3 is 2.52 bits per heavy atom. The van der Waals surface area contributed by atoms with E-state index in [-0.39, 0.29) is 24.2 Å². The topological polar surface area (TPSA) is 83.7 Å². The molecule has 1 N–H and O–H groups in total. The highest BCUT2D eigenvalue weighted by Crippen LogP contribution is 2.37. The average Bonchev–Trinajstić information content (AvgIpc) is 3.47. The molecule has 6 heteroatoms. The van der Waals surface area contributed by atoms with E-state index in [4.69, 9.17) is 0 Å². The summed E-state index contributed by atoms with van der Waals surface area (Å²) in [6.45, 7) is 1.95.